The zero-order valence-electron chi connectivity index (χ0n) is 12.9. The van der Waals surface area contributed by atoms with E-state index in [0.29, 0.717) is 6.54 Å². The summed E-state index contributed by atoms with van der Waals surface area (Å²) in [6.45, 7) is 7.55. The Labute approximate surface area is 122 Å². The summed E-state index contributed by atoms with van der Waals surface area (Å²) in [5.74, 6) is -1.07. The fourth-order valence-corrected chi connectivity index (χ4v) is 2.29. The molecule has 0 saturated heterocycles. The van der Waals surface area contributed by atoms with Crippen molar-refractivity contribution in [3.05, 3.63) is 29.8 Å². The summed E-state index contributed by atoms with van der Waals surface area (Å²) >= 11 is 0. The van der Waals surface area contributed by atoms with E-state index in [1.807, 2.05) is 6.07 Å². The second-order valence-corrected chi connectivity index (χ2v) is 5.58. The summed E-state index contributed by atoms with van der Waals surface area (Å²) in [6, 6.07) is 8.31. The molecule has 1 atom stereocenters. The van der Waals surface area contributed by atoms with Gasteiger partial charge in [-0.15, -0.1) is 0 Å². The van der Waals surface area contributed by atoms with E-state index in [9.17, 15) is 4.79 Å². The van der Waals surface area contributed by atoms with Crippen LogP contribution in [0.3, 0.4) is 0 Å². The quantitative estimate of drug-likeness (QED) is 0.691. The maximum atomic E-state index is 11.1. The fraction of sp³-hybridized carbons (Fsp3) is 0.588. The Morgan fingerprint density at radius 1 is 1.30 bits per heavy atom. The highest BCUT2D eigenvalue weighted by molar-refractivity contribution is 5.70. The van der Waals surface area contributed by atoms with Gasteiger partial charge in [0.1, 0.15) is 0 Å². The number of carboxylic acid groups (broad SMARTS) is 1. The van der Waals surface area contributed by atoms with Crippen LogP contribution >= 0.6 is 0 Å². The molecule has 20 heavy (non-hydrogen) atoms. The summed E-state index contributed by atoms with van der Waals surface area (Å²) in [4.78, 5) is 13.3. The number of carbonyl (C=O) groups is 1. The van der Waals surface area contributed by atoms with Crippen LogP contribution in [0.25, 0.3) is 0 Å². The highest BCUT2D eigenvalue weighted by atomic mass is 16.4. The first-order valence-electron chi connectivity index (χ1n) is 7.59. The van der Waals surface area contributed by atoms with Gasteiger partial charge in [0.15, 0.2) is 0 Å². The average molecular weight is 277 g/mol. The van der Waals surface area contributed by atoms with Crippen LogP contribution in [-0.4, -0.2) is 24.2 Å². The van der Waals surface area contributed by atoms with Crippen molar-refractivity contribution in [2.24, 2.45) is 5.92 Å². The molecule has 3 heteroatoms. The first-order valence-corrected chi connectivity index (χ1v) is 7.59. The van der Waals surface area contributed by atoms with Gasteiger partial charge in [-0.05, 0) is 31.0 Å². The molecule has 0 heterocycles. The maximum absolute atomic E-state index is 11.1. The molecule has 0 aromatic heterocycles. The molecule has 3 nitrogen and oxygen atoms in total. The highest BCUT2D eigenvalue weighted by Gasteiger charge is 2.16. The minimum Gasteiger partial charge on any atom is -0.481 e. The van der Waals surface area contributed by atoms with Crippen molar-refractivity contribution >= 4 is 11.7 Å². The zero-order valence-corrected chi connectivity index (χ0v) is 12.9. The number of hydrogen-bond acceptors (Lipinski definition) is 2. The number of carboxylic acids is 1. The van der Waals surface area contributed by atoms with Gasteiger partial charge in [0.05, 0.1) is 5.92 Å². The minimum absolute atomic E-state index is 0.346. The van der Waals surface area contributed by atoms with E-state index in [2.05, 4.69) is 36.9 Å². The van der Waals surface area contributed by atoms with E-state index in [1.54, 1.807) is 6.92 Å². The minimum atomic E-state index is -0.726. The van der Waals surface area contributed by atoms with Gasteiger partial charge in [0.2, 0.25) is 0 Å². The summed E-state index contributed by atoms with van der Waals surface area (Å²) < 4.78 is 0. The second kappa shape index (κ2) is 8.62. The normalized spacial score (nSPS) is 12.2. The number of benzene rings is 1. The molecule has 0 saturated carbocycles. The summed E-state index contributed by atoms with van der Waals surface area (Å²) in [5.41, 5.74) is 2.35. The number of aliphatic carboxylic acids is 1. The van der Waals surface area contributed by atoms with Gasteiger partial charge in [-0.2, -0.15) is 0 Å². The van der Waals surface area contributed by atoms with E-state index in [4.69, 9.17) is 5.11 Å². The van der Waals surface area contributed by atoms with E-state index < -0.39 is 5.97 Å². The summed E-state index contributed by atoms with van der Waals surface area (Å²) in [5, 5.41) is 9.12. The van der Waals surface area contributed by atoms with Crippen LogP contribution in [0.15, 0.2) is 24.3 Å². The molecule has 0 bridgehead atoms. The Hall–Kier alpha value is -1.51. The Balaban J connectivity index is 2.70. The Kier molecular flexibility index (Phi) is 7.13. The number of anilines is 1. The third-order valence-corrected chi connectivity index (χ3v) is 3.56. The molecule has 112 valence electrons. The van der Waals surface area contributed by atoms with Crippen LogP contribution in [0.2, 0.25) is 0 Å². The van der Waals surface area contributed by atoms with Gasteiger partial charge in [0.25, 0.3) is 0 Å². The molecule has 0 fully saturated rings. The van der Waals surface area contributed by atoms with Gasteiger partial charge in [0, 0.05) is 18.8 Å². The van der Waals surface area contributed by atoms with Crippen LogP contribution in [0, 0.1) is 12.8 Å². The monoisotopic (exact) mass is 277 g/mol. The lowest BCUT2D eigenvalue weighted by Gasteiger charge is -2.27. The zero-order chi connectivity index (χ0) is 15.0. The number of hydrogen-bond donors (Lipinski definition) is 1. The van der Waals surface area contributed by atoms with E-state index in [0.717, 1.165) is 18.7 Å². The van der Waals surface area contributed by atoms with Crippen molar-refractivity contribution in [1.82, 2.24) is 0 Å². The predicted molar refractivity (Wildman–Crippen MR) is 84.3 cm³/mol. The van der Waals surface area contributed by atoms with Gasteiger partial charge in [-0.3, -0.25) is 4.79 Å². The molecule has 1 N–H and O–H groups in total. The van der Waals surface area contributed by atoms with E-state index in [1.165, 1.54) is 24.8 Å². The molecule has 0 radical (unpaired) electrons. The molecule has 0 aliphatic rings. The third-order valence-electron chi connectivity index (χ3n) is 3.56. The molecule has 1 unspecified atom stereocenters. The fourth-order valence-electron chi connectivity index (χ4n) is 2.29. The highest BCUT2D eigenvalue weighted by Crippen LogP contribution is 2.18. The summed E-state index contributed by atoms with van der Waals surface area (Å²) in [6.07, 6.45) is 4.79. The van der Waals surface area contributed by atoms with Gasteiger partial charge >= 0.3 is 5.97 Å². The molecule has 0 aliphatic heterocycles. The topological polar surface area (TPSA) is 40.5 Å². The van der Waals surface area contributed by atoms with Crippen molar-refractivity contribution in [1.29, 1.82) is 0 Å². The van der Waals surface area contributed by atoms with Gasteiger partial charge < -0.3 is 10.0 Å². The van der Waals surface area contributed by atoms with E-state index in [-0.39, 0.29) is 5.92 Å². The third kappa shape index (κ3) is 5.64. The van der Waals surface area contributed by atoms with Crippen LogP contribution in [0.4, 0.5) is 5.69 Å². The Morgan fingerprint density at radius 2 is 2.05 bits per heavy atom. The number of rotatable bonds is 9. The molecule has 1 aromatic rings. The smallest absolute Gasteiger partial charge is 0.308 e. The van der Waals surface area contributed by atoms with Crippen LogP contribution < -0.4 is 4.90 Å². The standard InChI is InChI=1S/C17H27NO2/c1-4-5-6-7-11-18(13-15(3)17(19)20)16-10-8-9-14(2)12-16/h8-10,12,15H,4-7,11,13H2,1-3H3,(H,19,20). The Bertz CT molecular complexity index is 417. The van der Waals surface area contributed by atoms with Crippen LogP contribution in [0.5, 0.6) is 0 Å². The number of unbranched alkanes of at least 4 members (excludes halogenated alkanes) is 3. The first-order chi connectivity index (χ1) is 9.54. The lowest BCUT2D eigenvalue weighted by atomic mass is 10.1. The molecular formula is C17H27NO2. The van der Waals surface area contributed by atoms with Crippen LogP contribution in [0.1, 0.15) is 45.1 Å². The van der Waals surface area contributed by atoms with Crippen molar-refractivity contribution in [3.8, 4) is 0 Å². The van der Waals surface area contributed by atoms with Crippen molar-refractivity contribution in [2.75, 3.05) is 18.0 Å². The van der Waals surface area contributed by atoms with Crippen molar-refractivity contribution in [2.45, 2.75) is 46.5 Å². The van der Waals surface area contributed by atoms with E-state index >= 15 is 0 Å². The predicted octanol–water partition coefficient (Wildman–Crippen LogP) is 4.10. The molecule has 1 aromatic carbocycles. The summed E-state index contributed by atoms with van der Waals surface area (Å²) in [7, 11) is 0. The van der Waals surface area contributed by atoms with Gasteiger partial charge in [-0.25, -0.2) is 0 Å². The van der Waals surface area contributed by atoms with Crippen molar-refractivity contribution < 1.29 is 9.90 Å². The largest absolute Gasteiger partial charge is 0.481 e. The Morgan fingerprint density at radius 3 is 2.65 bits per heavy atom. The molecular weight excluding hydrogens is 250 g/mol. The van der Waals surface area contributed by atoms with Crippen LogP contribution in [-0.2, 0) is 4.79 Å². The SMILES string of the molecule is CCCCCCN(CC(C)C(=O)O)c1cccc(C)c1. The molecule has 0 amide bonds. The maximum Gasteiger partial charge on any atom is 0.308 e. The van der Waals surface area contributed by atoms with Crippen molar-refractivity contribution in [3.63, 3.8) is 0 Å². The average Bonchev–Trinajstić information content (AvgIpc) is 2.41. The molecule has 1 rings (SSSR count). The second-order valence-electron chi connectivity index (χ2n) is 5.58. The molecule has 0 aliphatic carbocycles. The first kappa shape index (κ1) is 16.5. The molecule has 0 spiro atoms. The lowest BCUT2D eigenvalue weighted by molar-refractivity contribution is -0.140. The van der Waals surface area contributed by atoms with Gasteiger partial charge in [-0.1, -0.05) is 45.2 Å². The number of nitrogens with zero attached hydrogens (tertiary/aromatic N) is 1. The lowest BCUT2D eigenvalue weighted by Crippen LogP contribution is -2.32. The number of aryl methyl sites for hydroxylation is 1.